The normalized spacial score (nSPS) is 11.7. The zero-order chi connectivity index (χ0) is 15.5. The quantitative estimate of drug-likeness (QED) is 0.661. The SMILES string of the molecule is CCCn1c(N)c(NCC(F)(F)CO)c(=O)n(C)c1=O. The lowest BCUT2D eigenvalue weighted by Crippen LogP contribution is -2.42. The van der Waals surface area contributed by atoms with Gasteiger partial charge in [0, 0.05) is 13.6 Å². The molecule has 0 bridgehead atoms. The molecule has 9 heteroatoms. The van der Waals surface area contributed by atoms with Crippen LogP contribution in [0.3, 0.4) is 0 Å². The first-order valence-electron chi connectivity index (χ1n) is 6.07. The summed E-state index contributed by atoms with van der Waals surface area (Å²) in [5.74, 6) is -3.57. The van der Waals surface area contributed by atoms with E-state index >= 15 is 0 Å². The van der Waals surface area contributed by atoms with Crippen molar-refractivity contribution in [2.45, 2.75) is 25.8 Å². The van der Waals surface area contributed by atoms with Gasteiger partial charge in [-0.25, -0.2) is 13.6 Å². The average Bonchev–Trinajstić information content (AvgIpc) is 2.41. The average molecular weight is 292 g/mol. The second kappa shape index (κ2) is 6.04. The zero-order valence-corrected chi connectivity index (χ0v) is 11.3. The number of hydrogen-bond donors (Lipinski definition) is 3. The van der Waals surface area contributed by atoms with Crippen molar-refractivity contribution in [1.82, 2.24) is 9.13 Å². The number of nitrogens with one attached hydrogen (secondary N) is 1. The number of aromatic nitrogens is 2. The van der Waals surface area contributed by atoms with Crippen molar-refractivity contribution in [2.75, 3.05) is 24.2 Å². The third-order valence-corrected chi connectivity index (χ3v) is 2.79. The minimum atomic E-state index is -3.39. The van der Waals surface area contributed by atoms with Crippen LogP contribution < -0.4 is 22.3 Å². The molecule has 0 atom stereocenters. The summed E-state index contributed by atoms with van der Waals surface area (Å²) < 4.78 is 27.9. The number of nitrogen functional groups attached to an aromatic ring is 1. The molecule has 1 heterocycles. The Kier molecular flexibility index (Phi) is 4.88. The van der Waals surface area contributed by atoms with E-state index in [1.165, 1.54) is 7.05 Å². The Bertz CT molecular complexity index is 595. The number of rotatable bonds is 6. The van der Waals surface area contributed by atoms with Crippen LogP contribution in [-0.4, -0.2) is 33.3 Å². The molecule has 0 fully saturated rings. The zero-order valence-electron chi connectivity index (χ0n) is 11.3. The molecule has 0 unspecified atom stereocenters. The molecule has 7 nitrogen and oxygen atoms in total. The van der Waals surface area contributed by atoms with E-state index in [1.54, 1.807) is 0 Å². The molecule has 0 saturated carbocycles. The number of anilines is 2. The van der Waals surface area contributed by atoms with Crippen molar-refractivity contribution >= 4 is 11.5 Å². The molecule has 0 saturated heterocycles. The van der Waals surface area contributed by atoms with Gasteiger partial charge in [-0.15, -0.1) is 0 Å². The van der Waals surface area contributed by atoms with Crippen LogP contribution in [0.4, 0.5) is 20.3 Å². The van der Waals surface area contributed by atoms with Crippen LogP contribution in [0.5, 0.6) is 0 Å². The van der Waals surface area contributed by atoms with Gasteiger partial charge in [0.2, 0.25) is 0 Å². The Morgan fingerprint density at radius 1 is 1.40 bits per heavy atom. The molecule has 1 aromatic rings. The maximum atomic E-state index is 13.0. The van der Waals surface area contributed by atoms with Crippen LogP contribution in [0, 0.1) is 0 Å². The number of halogens is 2. The van der Waals surface area contributed by atoms with E-state index in [-0.39, 0.29) is 18.1 Å². The van der Waals surface area contributed by atoms with Crippen LogP contribution in [0.15, 0.2) is 9.59 Å². The molecule has 114 valence electrons. The maximum Gasteiger partial charge on any atom is 0.332 e. The van der Waals surface area contributed by atoms with Gasteiger partial charge in [0.25, 0.3) is 11.5 Å². The molecule has 0 radical (unpaired) electrons. The van der Waals surface area contributed by atoms with Gasteiger partial charge in [-0.2, -0.15) is 0 Å². The lowest BCUT2D eigenvalue weighted by atomic mass is 10.3. The van der Waals surface area contributed by atoms with Crippen LogP contribution in [0.1, 0.15) is 13.3 Å². The molecule has 20 heavy (non-hydrogen) atoms. The summed E-state index contributed by atoms with van der Waals surface area (Å²) in [6.45, 7) is -0.226. The van der Waals surface area contributed by atoms with E-state index in [9.17, 15) is 18.4 Å². The Balaban J connectivity index is 3.26. The lowest BCUT2D eigenvalue weighted by Gasteiger charge is -2.18. The maximum absolute atomic E-state index is 13.0. The number of nitrogens with zero attached hydrogens (tertiary/aromatic N) is 2. The van der Waals surface area contributed by atoms with Gasteiger partial charge in [-0.1, -0.05) is 6.92 Å². The van der Waals surface area contributed by atoms with Crippen LogP contribution in [-0.2, 0) is 13.6 Å². The van der Waals surface area contributed by atoms with Crippen LogP contribution in [0.2, 0.25) is 0 Å². The third-order valence-electron chi connectivity index (χ3n) is 2.79. The monoisotopic (exact) mass is 292 g/mol. The first-order valence-corrected chi connectivity index (χ1v) is 6.07. The Labute approximate surface area is 113 Å². The number of hydrogen-bond acceptors (Lipinski definition) is 5. The number of alkyl halides is 2. The summed E-state index contributed by atoms with van der Waals surface area (Å²) in [7, 11) is 1.24. The van der Waals surface area contributed by atoms with Gasteiger partial charge >= 0.3 is 5.69 Å². The molecular formula is C11H18F2N4O3. The molecule has 0 spiro atoms. The van der Waals surface area contributed by atoms with Crippen LogP contribution >= 0.6 is 0 Å². The second-order valence-corrected chi connectivity index (χ2v) is 4.43. The Morgan fingerprint density at radius 2 is 2.00 bits per heavy atom. The standard InChI is InChI=1S/C11H18F2N4O3/c1-3-4-17-8(14)7(9(19)16(2)10(17)20)15-5-11(12,13)6-18/h15,18H,3-6,14H2,1-2H3. The van der Waals surface area contributed by atoms with E-state index in [1.807, 2.05) is 6.92 Å². The van der Waals surface area contributed by atoms with E-state index in [2.05, 4.69) is 5.32 Å². The predicted octanol–water partition coefficient (Wildman–Crippen LogP) is -0.421. The topological polar surface area (TPSA) is 102 Å². The summed E-state index contributed by atoms with van der Waals surface area (Å²) >= 11 is 0. The second-order valence-electron chi connectivity index (χ2n) is 4.43. The predicted molar refractivity (Wildman–Crippen MR) is 71.2 cm³/mol. The van der Waals surface area contributed by atoms with Gasteiger partial charge in [-0.05, 0) is 6.42 Å². The molecule has 0 aliphatic rings. The van der Waals surface area contributed by atoms with Crippen molar-refractivity contribution in [3.8, 4) is 0 Å². The van der Waals surface area contributed by atoms with Crippen molar-refractivity contribution < 1.29 is 13.9 Å². The molecule has 0 aliphatic heterocycles. The van der Waals surface area contributed by atoms with E-state index < -0.39 is 30.3 Å². The molecular weight excluding hydrogens is 274 g/mol. The lowest BCUT2D eigenvalue weighted by molar-refractivity contribution is -0.0373. The van der Waals surface area contributed by atoms with Gasteiger partial charge < -0.3 is 16.2 Å². The first kappa shape index (κ1) is 16.2. The molecule has 0 amide bonds. The summed E-state index contributed by atoms with van der Waals surface area (Å²) in [6.07, 6.45) is 0.592. The molecule has 0 aromatic carbocycles. The highest BCUT2D eigenvalue weighted by atomic mass is 19.3. The summed E-state index contributed by atoms with van der Waals surface area (Å²) in [5.41, 5.74) is 4.03. The third kappa shape index (κ3) is 3.16. The summed E-state index contributed by atoms with van der Waals surface area (Å²) in [4.78, 5) is 23.7. The highest BCUT2D eigenvalue weighted by Gasteiger charge is 2.28. The summed E-state index contributed by atoms with van der Waals surface area (Å²) in [5, 5.41) is 10.7. The minimum Gasteiger partial charge on any atom is -0.390 e. The highest BCUT2D eigenvalue weighted by Crippen LogP contribution is 2.16. The number of aliphatic hydroxyl groups is 1. The molecule has 4 N–H and O–H groups in total. The molecule has 0 aliphatic carbocycles. The van der Waals surface area contributed by atoms with Gasteiger partial charge in [0.15, 0.2) is 0 Å². The van der Waals surface area contributed by atoms with Gasteiger partial charge in [-0.3, -0.25) is 13.9 Å². The first-order chi connectivity index (χ1) is 9.25. The van der Waals surface area contributed by atoms with Crippen molar-refractivity contribution in [3.05, 3.63) is 20.8 Å². The van der Waals surface area contributed by atoms with E-state index in [4.69, 9.17) is 10.8 Å². The number of nitrogens with two attached hydrogens (primary N) is 1. The molecule has 1 aromatic heterocycles. The van der Waals surface area contributed by atoms with Crippen molar-refractivity contribution in [1.29, 1.82) is 0 Å². The van der Waals surface area contributed by atoms with Gasteiger partial charge in [0.1, 0.15) is 18.1 Å². The largest absolute Gasteiger partial charge is 0.390 e. The van der Waals surface area contributed by atoms with E-state index in [0.29, 0.717) is 6.42 Å². The smallest absolute Gasteiger partial charge is 0.332 e. The Morgan fingerprint density at radius 3 is 2.50 bits per heavy atom. The fourth-order valence-corrected chi connectivity index (χ4v) is 1.66. The number of aliphatic hydroxyl groups excluding tert-OH is 1. The van der Waals surface area contributed by atoms with Crippen molar-refractivity contribution in [3.63, 3.8) is 0 Å². The van der Waals surface area contributed by atoms with Gasteiger partial charge in [0.05, 0.1) is 6.54 Å². The summed E-state index contributed by atoms with van der Waals surface area (Å²) in [6, 6.07) is 0. The van der Waals surface area contributed by atoms with Crippen LogP contribution in [0.25, 0.3) is 0 Å². The fourth-order valence-electron chi connectivity index (χ4n) is 1.66. The highest BCUT2D eigenvalue weighted by molar-refractivity contribution is 5.60. The van der Waals surface area contributed by atoms with E-state index in [0.717, 1.165) is 9.13 Å². The minimum absolute atomic E-state index is 0.186. The fraction of sp³-hybridized carbons (Fsp3) is 0.636. The molecule has 1 rings (SSSR count). The van der Waals surface area contributed by atoms with Crippen molar-refractivity contribution in [2.24, 2.45) is 7.05 Å². The Hall–Kier alpha value is -1.90.